The van der Waals surface area contributed by atoms with E-state index in [0.717, 1.165) is 38.6 Å². The van der Waals surface area contributed by atoms with Gasteiger partial charge in [-0.3, -0.25) is 13.7 Å². The summed E-state index contributed by atoms with van der Waals surface area (Å²) in [5, 5.41) is 1.57. The molecule has 412 valence electrons. The minimum atomic E-state index is -2.83. The summed E-state index contributed by atoms with van der Waals surface area (Å²) in [6.07, 6.45) is 4.93. The van der Waals surface area contributed by atoms with E-state index in [-0.39, 0.29) is 50.2 Å². The van der Waals surface area contributed by atoms with Gasteiger partial charge in [-0.15, -0.1) is 0 Å². The maximum absolute atomic E-state index is 9.70. The number of aryl methyl sites for hydroxylation is 1. The van der Waals surface area contributed by atoms with E-state index < -0.39 is 108 Å². The predicted molar refractivity (Wildman–Crippen MR) is 350 cm³/mol. The van der Waals surface area contributed by atoms with Crippen molar-refractivity contribution in [3.63, 3.8) is 0 Å². The minimum absolute atomic E-state index is 0.0756. The maximum Gasteiger partial charge on any atom is 0.269 e. The summed E-state index contributed by atoms with van der Waals surface area (Å²) in [4.78, 5) is 4.76. The molecule has 3 heterocycles. The predicted octanol–water partition coefficient (Wildman–Crippen LogP) is 20.5. The quantitative estimate of drug-likeness (QED) is 0.101. The Hall–Kier alpha value is -9.58. The highest BCUT2D eigenvalue weighted by Crippen LogP contribution is 2.43. The van der Waals surface area contributed by atoms with E-state index >= 15 is 0 Å². The van der Waals surface area contributed by atoms with Gasteiger partial charge in [0.15, 0.2) is 0 Å². The average molecular weight is 1110 g/mol. The van der Waals surface area contributed by atoms with Gasteiger partial charge in [-0.1, -0.05) is 232 Å². The van der Waals surface area contributed by atoms with Crippen LogP contribution in [-0.2, 0) is 16.2 Å². The van der Waals surface area contributed by atoms with Gasteiger partial charge in [0.25, 0.3) is 6.33 Å². The Morgan fingerprint density at radius 1 is 0.452 bits per heavy atom. The van der Waals surface area contributed by atoms with Gasteiger partial charge < -0.3 is 4.74 Å². The third kappa shape index (κ3) is 10.2. The first-order valence-corrected chi connectivity index (χ1v) is 27.9. The van der Waals surface area contributed by atoms with Crippen molar-refractivity contribution in [2.45, 2.75) is 85.4 Å². The smallest absolute Gasteiger partial charge is 0.269 e. The molecule has 13 rings (SSSR count). The molecule has 0 unspecified atom stereocenters. The van der Waals surface area contributed by atoms with E-state index in [2.05, 4.69) is 99.0 Å². The van der Waals surface area contributed by atoms with Crippen LogP contribution in [0.2, 0.25) is 0 Å². The summed E-state index contributed by atoms with van der Waals surface area (Å²) in [5.41, 5.74) is 7.09. The first-order valence-electron chi connectivity index (χ1n) is 36.9. The standard InChI is InChI=1S/C79H70N4O/c1-52-41-75(80-50-70(52)56-27-18-13-19-28-56)83-71-32-21-20-31-66(71)67-39-38-65(49-73(67)83)84-64-30-22-29-63(48-64)81-51-82(72-40-35-57(46-74(72)81)54-33-36-60(37-34-54)77(2,3)4)76-68(55-25-16-12-17-26-55)44-58(53-23-14-11-15-24-53)45-69(76)59-42-61(78(5,6)7)47-62(43-59)79(8,9)10/h11-50H,1-10H3/i1D3,11D,12D,13D,14D,15D,16D,17D,18D,19D,23D,24D,25D,26D,27D,28D. The summed E-state index contributed by atoms with van der Waals surface area (Å²) in [6, 6.07) is 36.8. The Kier molecular flexibility index (Phi) is 9.20. The molecular formula is C79H70N4O. The fraction of sp³-hybridized carbons (Fsp3) is 0.165. The van der Waals surface area contributed by atoms with Crippen LogP contribution < -0.4 is 9.30 Å². The molecule has 0 saturated heterocycles. The average Bonchev–Trinajstić information content (AvgIpc) is 1.39. The lowest BCUT2D eigenvalue weighted by Crippen LogP contribution is -2.31. The molecule has 13 aromatic rings. The van der Waals surface area contributed by atoms with Gasteiger partial charge >= 0.3 is 0 Å². The van der Waals surface area contributed by atoms with Crippen molar-refractivity contribution in [1.82, 2.24) is 14.1 Å². The summed E-state index contributed by atoms with van der Waals surface area (Å²) >= 11 is 0. The SMILES string of the molecule is [2H]c1c([2H])c([2H])c(-c2cc(-c3cc(C(C)(C)C)cc(C(C)(C)C)c3)c(-[n+]3[c-]n(-c4cccc(Oc5ccc6c7ccccc7n(-c7cc(C([2H])([2H])[2H])c(-c8c([2H])c([2H])c([2H])c([2H])c8[2H])cn7)c6c5)c4)c4cc(-c5ccc(C(C)(C)C)cc5)ccc43)c(-c3c([2H])c([2H])c([2H])c([2H])c3[2H])c2)c([2H])c1[2H]. The van der Waals surface area contributed by atoms with Crippen LogP contribution in [0.1, 0.15) is 109 Å². The molecule has 0 spiro atoms. The second kappa shape index (κ2) is 21.0. The van der Waals surface area contributed by atoms with E-state index in [0.29, 0.717) is 56.1 Å². The highest BCUT2D eigenvalue weighted by Gasteiger charge is 2.27. The number of nitrogens with zero attached hydrogens (tertiary/aromatic N) is 4. The molecule has 0 aliphatic carbocycles. The van der Waals surface area contributed by atoms with Gasteiger partial charge in [0.1, 0.15) is 17.3 Å². The van der Waals surface area contributed by atoms with Crippen LogP contribution in [0.15, 0.2) is 242 Å². The van der Waals surface area contributed by atoms with Crippen LogP contribution in [0.3, 0.4) is 0 Å². The van der Waals surface area contributed by atoms with Crippen molar-refractivity contribution in [2.75, 3.05) is 0 Å². The maximum atomic E-state index is 9.70. The number of aromatic nitrogens is 4. The van der Waals surface area contributed by atoms with Crippen molar-refractivity contribution in [1.29, 1.82) is 0 Å². The summed E-state index contributed by atoms with van der Waals surface area (Å²) < 4.78 is 172. The lowest BCUT2D eigenvalue weighted by atomic mass is 9.78. The van der Waals surface area contributed by atoms with Gasteiger partial charge in [0.05, 0.1) is 54.0 Å². The topological polar surface area (TPSA) is 35.9 Å². The molecule has 0 radical (unpaired) electrons. The molecule has 5 heteroatoms. The number of hydrogen-bond donors (Lipinski definition) is 0. The number of hydrogen-bond acceptors (Lipinski definition) is 2. The molecule has 0 amide bonds. The zero-order valence-electron chi connectivity index (χ0n) is 66.1. The van der Waals surface area contributed by atoms with Crippen molar-refractivity contribution >= 4 is 32.8 Å². The van der Waals surface area contributed by atoms with Gasteiger partial charge in [0.2, 0.25) is 0 Å². The van der Waals surface area contributed by atoms with Crippen LogP contribution in [0.5, 0.6) is 11.5 Å². The third-order valence-electron chi connectivity index (χ3n) is 15.5. The molecule has 10 aromatic carbocycles. The first kappa shape index (κ1) is 36.8. The Balaban J connectivity index is 1.06. The van der Waals surface area contributed by atoms with Crippen molar-refractivity contribution in [3.8, 4) is 84.3 Å². The van der Waals surface area contributed by atoms with E-state index in [1.807, 2.05) is 89.5 Å². The number of ether oxygens (including phenoxy) is 1. The molecule has 0 N–H and O–H groups in total. The lowest BCUT2D eigenvalue weighted by molar-refractivity contribution is -0.571. The molecular weight excluding hydrogens is 1020 g/mol. The number of imidazole rings is 1. The Bertz CT molecular complexity index is 5560. The number of para-hydroxylation sites is 1. The highest BCUT2D eigenvalue weighted by molar-refractivity contribution is 6.09. The summed E-state index contributed by atoms with van der Waals surface area (Å²) in [7, 11) is 0. The van der Waals surface area contributed by atoms with Crippen molar-refractivity contribution in [3.05, 3.63) is 271 Å². The van der Waals surface area contributed by atoms with Crippen LogP contribution in [0, 0.1) is 13.2 Å². The molecule has 0 bridgehead atoms. The molecule has 84 heavy (non-hydrogen) atoms. The molecule has 0 fully saturated rings. The lowest BCUT2D eigenvalue weighted by Gasteiger charge is -2.27. The zero-order chi connectivity index (χ0) is 73.6. The zero-order valence-corrected chi connectivity index (χ0v) is 48.1. The molecule has 0 aliphatic rings. The van der Waals surface area contributed by atoms with E-state index in [1.54, 1.807) is 33.4 Å². The van der Waals surface area contributed by atoms with E-state index in [9.17, 15) is 5.48 Å². The van der Waals surface area contributed by atoms with Crippen LogP contribution in [-0.4, -0.2) is 14.1 Å². The number of fused-ring (bicyclic) bond motifs is 4. The Morgan fingerprint density at radius 2 is 1.05 bits per heavy atom. The summed E-state index contributed by atoms with van der Waals surface area (Å²) in [6.45, 7) is 16.2. The van der Waals surface area contributed by atoms with E-state index in [1.165, 1.54) is 12.3 Å². The van der Waals surface area contributed by atoms with Gasteiger partial charge in [-0.2, -0.15) is 0 Å². The van der Waals surface area contributed by atoms with Crippen LogP contribution >= 0.6 is 0 Å². The number of pyridine rings is 1. The molecule has 0 saturated carbocycles. The monoisotopic (exact) mass is 1110 g/mol. The van der Waals surface area contributed by atoms with E-state index in [4.69, 9.17) is 28.9 Å². The Morgan fingerprint density at radius 3 is 1.70 bits per heavy atom. The van der Waals surface area contributed by atoms with Gasteiger partial charge in [-0.25, -0.2) is 4.98 Å². The second-order valence-corrected chi connectivity index (χ2v) is 24.2. The van der Waals surface area contributed by atoms with Crippen LogP contribution in [0.25, 0.3) is 106 Å². The van der Waals surface area contributed by atoms with Crippen molar-refractivity contribution in [2.24, 2.45) is 0 Å². The number of rotatable bonds is 10. The largest absolute Gasteiger partial charge is 0.458 e. The normalized spacial score (nSPS) is 15.3. The van der Waals surface area contributed by atoms with Gasteiger partial charge in [0, 0.05) is 32.7 Å². The fourth-order valence-electron chi connectivity index (χ4n) is 10.9. The molecule has 0 atom stereocenters. The van der Waals surface area contributed by atoms with Gasteiger partial charge in [-0.05, 0) is 156 Å². The third-order valence-corrected chi connectivity index (χ3v) is 15.5. The fourth-order valence-corrected chi connectivity index (χ4v) is 10.9. The molecule has 3 aromatic heterocycles. The first-order chi connectivity index (χ1) is 47.8. The molecule has 5 nitrogen and oxygen atoms in total. The van der Waals surface area contributed by atoms with Crippen LogP contribution in [0.4, 0.5) is 0 Å². The minimum Gasteiger partial charge on any atom is -0.458 e. The number of benzene rings is 10. The highest BCUT2D eigenvalue weighted by atomic mass is 16.5. The summed E-state index contributed by atoms with van der Waals surface area (Å²) in [5.74, 6) is 0.911. The molecule has 0 aliphatic heterocycles. The van der Waals surface area contributed by atoms with Crippen molar-refractivity contribution < 1.29 is 34.0 Å². The Labute approximate surface area is 520 Å². The second-order valence-electron chi connectivity index (χ2n) is 24.2.